The molecule has 1 aromatic carbocycles. The number of benzene rings is 1. The number of hydrogen-bond acceptors (Lipinski definition) is 4. The molecule has 1 unspecified atom stereocenters. The molecule has 0 aliphatic carbocycles. The lowest BCUT2D eigenvalue weighted by Crippen LogP contribution is -2.37. The van der Waals surface area contributed by atoms with Crippen molar-refractivity contribution in [2.45, 2.75) is 46.2 Å². The quantitative estimate of drug-likeness (QED) is 0.854. The molecule has 6 nitrogen and oxygen atoms in total. The van der Waals surface area contributed by atoms with Crippen LogP contribution in [0.25, 0.3) is 11.1 Å². The van der Waals surface area contributed by atoms with Crippen molar-refractivity contribution in [3.63, 3.8) is 0 Å². The average Bonchev–Trinajstić information content (AvgIpc) is 2.72. The molecule has 23 heavy (non-hydrogen) atoms. The van der Waals surface area contributed by atoms with Crippen molar-refractivity contribution < 1.29 is 14.3 Å². The van der Waals surface area contributed by atoms with E-state index in [1.165, 1.54) is 4.57 Å². The monoisotopic (exact) mass is 320 g/mol. The molecule has 2 rings (SSSR count). The summed E-state index contributed by atoms with van der Waals surface area (Å²) >= 11 is 0. The standard InChI is InChI=1S/C17H24N2O4/c1-17(2,3)8-7-12(15(20)21)18-10-11-5-6-13-14(9-11)23-16(22)19(13)4/h5-6,9,12,18H,7-8,10H2,1-4H3,(H,20,21). The van der Waals surface area contributed by atoms with Crippen molar-refractivity contribution in [2.75, 3.05) is 0 Å². The third-order valence-corrected chi connectivity index (χ3v) is 3.89. The fourth-order valence-corrected chi connectivity index (χ4v) is 2.42. The van der Waals surface area contributed by atoms with Gasteiger partial charge in [0.15, 0.2) is 5.58 Å². The highest BCUT2D eigenvalue weighted by atomic mass is 16.4. The first-order valence-electron chi connectivity index (χ1n) is 7.72. The molecule has 2 aromatic rings. The van der Waals surface area contributed by atoms with Crippen molar-refractivity contribution in [3.8, 4) is 0 Å². The van der Waals surface area contributed by atoms with E-state index in [9.17, 15) is 14.7 Å². The first-order valence-corrected chi connectivity index (χ1v) is 7.72. The van der Waals surface area contributed by atoms with Crippen molar-refractivity contribution in [1.82, 2.24) is 9.88 Å². The molecule has 0 radical (unpaired) electrons. The van der Waals surface area contributed by atoms with Gasteiger partial charge < -0.3 is 14.8 Å². The van der Waals surface area contributed by atoms with Gasteiger partial charge >= 0.3 is 11.7 Å². The number of carbonyl (C=O) groups is 1. The van der Waals surface area contributed by atoms with Gasteiger partial charge in [0, 0.05) is 13.6 Å². The van der Waals surface area contributed by atoms with E-state index in [2.05, 4.69) is 26.1 Å². The molecular weight excluding hydrogens is 296 g/mol. The highest BCUT2D eigenvalue weighted by Crippen LogP contribution is 2.22. The molecule has 0 aliphatic heterocycles. The highest BCUT2D eigenvalue weighted by Gasteiger charge is 2.20. The third kappa shape index (κ3) is 4.45. The minimum Gasteiger partial charge on any atom is -0.480 e. The van der Waals surface area contributed by atoms with Gasteiger partial charge in [0.2, 0.25) is 0 Å². The first kappa shape index (κ1) is 17.3. The molecule has 6 heteroatoms. The number of carboxylic acids is 1. The van der Waals surface area contributed by atoms with Crippen molar-refractivity contribution in [2.24, 2.45) is 12.5 Å². The van der Waals surface area contributed by atoms with E-state index in [-0.39, 0.29) is 5.41 Å². The maximum atomic E-state index is 11.5. The van der Waals surface area contributed by atoms with Gasteiger partial charge in [-0.25, -0.2) is 4.79 Å². The second kappa shape index (κ2) is 6.58. The fourth-order valence-electron chi connectivity index (χ4n) is 2.42. The van der Waals surface area contributed by atoms with Gasteiger partial charge in [0.25, 0.3) is 0 Å². The SMILES string of the molecule is Cn1c(=O)oc2cc(CNC(CCC(C)(C)C)C(=O)O)ccc21. The number of fused-ring (bicyclic) bond motifs is 1. The molecule has 0 saturated carbocycles. The molecule has 2 N–H and O–H groups in total. The zero-order valence-corrected chi connectivity index (χ0v) is 14.0. The van der Waals surface area contributed by atoms with E-state index >= 15 is 0 Å². The Kier molecular flexibility index (Phi) is 4.94. The normalized spacial score (nSPS) is 13.4. The summed E-state index contributed by atoms with van der Waals surface area (Å²) in [5, 5.41) is 12.4. The van der Waals surface area contributed by atoms with E-state index in [4.69, 9.17) is 4.42 Å². The van der Waals surface area contributed by atoms with Gasteiger partial charge in [-0.1, -0.05) is 26.8 Å². The van der Waals surface area contributed by atoms with Crippen LogP contribution < -0.4 is 11.1 Å². The number of oxazole rings is 1. The maximum absolute atomic E-state index is 11.5. The summed E-state index contributed by atoms with van der Waals surface area (Å²) in [5.74, 6) is -1.25. The summed E-state index contributed by atoms with van der Waals surface area (Å²) in [4.78, 5) is 22.9. The van der Waals surface area contributed by atoms with E-state index in [1.54, 1.807) is 13.1 Å². The Bertz CT molecular complexity index is 752. The van der Waals surface area contributed by atoms with Crippen LogP contribution in [0.3, 0.4) is 0 Å². The molecule has 126 valence electrons. The molecule has 0 fully saturated rings. The number of aliphatic carboxylic acids is 1. The molecule has 1 atom stereocenters. The van der Waals surface area contributed by atoms with Gasteiger partial charge in [-0.3, -0.25) is 9.36 Å². The van der Waals surface area contributed by atoms with Crippen LogP contribution in [0.1, 0.15) is 39.2 Å². The summed E-state index contributed by atoms with van der Waals surface area (Å²) in [6.45, 7) is 6.70. The van der Waals surface area contributed by atoms with Crippen LogP contribution in [0.2, 0.25) is 0 Å². The molecule has 1 aromatic heterocycles. The maximum Gasteiger partial charge on any atom is 0.419 e. The van der Waals surface area contributed by atoms with E-state index in [0.717, 1.165) is 17.5 Å². The van der Waals surface area contributed by atoms with Crippen molar-refractivity contribution in [3.05, 3.63) is 34.3 Å². The number of nitrogens with one attached hydrogen (secondary N) is 1. The van der Waals surface area contributed by atoms with Gasteiger partial charge in [-0.2, -0.15) is 0 Å². The Morgan fingerprint density at radius 1 is 1.39 bits per heavy atom. The lowest BCUT2D eigenvalue weighted by molar-refractivity contribution is -0.139. The summed E-state index contributed by atoms with van der Waals surface area (Å²) in [6, 6.07) is 4.86. The second-order valence-electron chi connectivity index (χ2n) is 7.10. The van der Waals surface area contributed by atoms with Crippen LogP contribution in [0.15, 0.2) is 27.4 Å². The largest absolute Gasteiger partial charge is 0.480 e. The molecular formula is C17H24N2O4. The van der Waals surface area contributed by atoms with Gasteiger partial charge in [-0.15, -0.1) is 0 Å². The van der Waals surface area contributed by atoms with E-state index in [0.29, 0.717) is 18.5 Å². The molecule has 0 saturated heterocycles. The number of carboxylic acid groups (broad SMARTS) is 1. The molecule has 0 bridgehead atoms. The Morgan fingerprint density at radius 2 is 2.09 bits per heavy atom. The van der Waals surface area contributed by atoms with Crippen LogP contribution in [0.5, 0.6) is 0 Å². The van der Waals surface area contributed by atoms with Crippen LogP contribution >= 0.6 is 0 Å². The minimum atomic E-state index is -0.846. The van der Waals surface area contributed by atoms with Crippen molar-refractivity contribution >= 4 is 17.1 Å². The summed E-state index contributed by atoms with van der Waals surface area (Å²) in [6.07, 6.45) is 1.39. The van der Waals surface area contributed by atoms with Crippen LogP contribution in [-0.4, -0.2) is 21.7 Å². The van der Waals surface area contributed by atoms with Crippen molar-refractivity contribution in [1.29, 1.82) is 0 Å². The summed E-state index contributed by atoms with van der Waals surface area (Å²) in [5.41, 5.74) is 2.22. The van der Waals surface area contributed by atoms with E-state index < -0.39 is 17.8 Å². The van der Waals surface area contributed by atoms with E-state index in [1.807, 2.05) is 12.1 Å². The van der Waals surface area contributed by atoms with Gasteiger partial charge in [0.1, 0.15) is 6.04 Å². The number of nitrogens with zero attached hydrogens (tertiary/aromatic N) is 1. The number of aromatic nitrogens is 1. The Labute approximate surface area is 135 Å². The van der Waals surface area contributed by atoms with Gasteiger partial charge in [0.05, 0.1) is 5.52 Å². The molecule has 0 amide bonds. The summed E-state index contributed by atoms with van der Waals surface area (Å²) in [7, 11) is 1.65. The lowest BCUT2D eigenvalue weighted by Gasteiger charge is -2.21. The number of aryl methyl sites for hydroxylation is 1. The Balaban J connectivity index is 2.05. The summed E-state index contributed by atoms with van der Waals surface area (Å²) < 4.78 is 6.59. The zero-order valence-electron chi connectivity index (χ0n) is 14.0. The minimum absolute atomic E-state index is 0.0989. The molecule has 0 aliphatic rings. The van der Waals surface area contributed by atoms with Crippen LogP contribution in [0, 0.1) is 5.41 Å². The predicted octanol–water partition coefficient (Wildman–Crippen LogP) is 2.50. The Hall–Kier alpha value is -2.08. The average molecular weight is 320 g/mol. The lowest BCUT2D eigenvalue weighted by atomic mass is 9.88. The smallest absolute Gasteiger partial charge is 0.419 e. The number of hydrogen-bond donors (Lipinski definition) is 2. The molecule has 1 heterocycles. The zero-order chi connectivity index (χ0) is 17.2. The predicted molar refractivity (Wildman–Crippen MR) is 88.4 cm³/mol. The number of rotatable bonds is 6. The topological polar surface area (TPSA) is 84.5 Å². The second-order valence-corrected chi connectivity index (χ2v) is 7.10. The fraction of sp³-hybridized carbons (Fsp3) is 0.529. The molecule has 0 spiro atoms. The van der Waals surface area contributed by atoms with Crippen LogP contribution in [0.4, 0.5) is 0 Å². The third-order valence-electron chi connectivity index (χ3n) is 3.89. The van der Waals surface area contributed by atoms with Crippen LogP contribution in [-0.2, 0) is 18.4 Å². The van der Waals surface area contributed by atoms with Gasteiger partial charge in [-0.05, 0) is 36.0 Å². The first-order chi connectivity index (χ1) is 10.7. The highest BCUT2D eigenvalue weighted by molar-refractivity contribution is 5.74. The Morgan fingerprint density at radius 3 is 2.70 bits per heavy atom.